The van der Waals surface area contributed by atoms with E-state index in [9.17, 15) is 4.79 Å². The Morgan fingerprint density at radius 1 is 1.40 bits per heavy atom. The first-order chi connectivity index (χ1) is 11.3. The predicted octanol–water partition coefficient (Wildman–Crippen LogP) is 1.47. The summed E-state index contributed by atoms with van der Waals surface area (Å²) < 4.78 is 5.37. The molecule has 0 saturated carbocycles. The van der Waals surface area contributed by atoms with E-state index in [0.717, 1.165) is 55.7 Å². The molecular formula is C16H26Cl2N4O2S. The van der Waals surface area contributed by atoms with Gasteiger partial charge < -0.3 is 20.3 Å². The Morgan fingerprint density at radius 3 is 2.92 bits per heavy atom. The fourth-order valence-electron chi connectivity index (χ4n) is 2.78. The number of thioether (sulfide) groups is 1. The van der Waals surface area contributed by atoms with Gasteiger partial charge in [-0.1, -0.05) is 0 Å². The summed E-state index contributed by atoms with van der Waals surface area (Å²) in [5, 5.41) is 6.41. The van der Waals surface area contributed by atoms with Crippen molar-refractivity contribution in [2.45, 2.75) is 19.0 Å². The van der Waals surface area contributed by atoms with Crippen LogP contribution in [0.2, 0.25) is 0 Å². The van der Waals surface area contributed by atoms with Crippen LogP contribution in [0.1, 0.15) is 12.0 Å². The van der Waals surface area contributed by atoms with E-state index in [2.05, 4.69) is 26.6 Å². The molecule has 6 nitrogen and oxygen atoms in total. The van der Waals surface area contributed by atoms with E-state index in [1.54, 1.807) is 0 Å². The quantitative estimate of drug-likeness (QED) is 0.768. The molecule has 0 radical (unpaired) electrons. The zero-order chi connectivity index (χ0) is 15.9. The summed E-state index contributed by atoms with van der Waals surface area (Å²) in [5.41, 5.74) is 1.08. The molecule has 3 heterocycles. The zero-order valence-electron chi connectivity index (χ0n) is 14.1. The first-order valence-corrected chi connectivity index (χ1v) is 9.32. The summed E-state index contributed by atoms with van der Waals surface area (Å²) in [7, 11) is 0. The molecule has 0 aliphatic carbocycles. The van der Waals surface area contributed by atoms with Gasteiger partial charge >= 0.3 is 0 Å². The van der Waals surface area contributed by atoms with Crippen molar-refractivity contribution in [1.82, 2.24) is 15.6 Å². The van der Waals surface area contributed by atoms with Crippen molar-refractivity contribution in [1.29, 1.82) is 0 Å². The molecule has 0 aromatic carbocycles. The van der Waals surface area contributed by atoms with Crippen LogP contribution in [0, 0.1) is 0 Å². The van der Waals surface area contributed by atoms with Gasteiger partial charge in [-0.2, -0.15) is 11.8 Å². The number of pyridine rings is 1. The van der Waals surface area contributed by atoms with Crippen LogP contribution in [-0.2, 0) is 16.1 Å². The minimum absolute atomic E-state index is 0. The Kier molecular flexibility index (Phi) is 10.5. The molecular weight excluding hydrogens is 383 g/mol. The van der Waals surface area contributed by atoms with Crippen LogP contribution in [0.15, 0.2) is 18.3 Å². The summed E-state index contributed by atoms with van der Waals surface area (Å²) >= 11 is 1.91. The Bertz CT molecular complexity index is 527. The Labute approximate surface area is 165 Å². The fourth-order valence-corrected chi connectivity index (χ4v) is 3.73. The molecule has 1 aromatic heterocycles. The Balaban J connectivity index is 0.00000156. The van der Waals surface area contributed by atoms with Crippen LogP contribution < -0.4 is 15.5 Å². The van der Waals surface area contributed by atoms with Crippen molar-refractivity contribution in [3.63, 3.8) is 0 Å². The van der Waals surface area contributed by atoms with Gasteiger partial charge in [0.2, 0.25) is 5.91 Å². The molecule has 2 N–H and O–H groups in total. The largest absolute Gasteiger partial charge is 0.378 e. The van der Waals surface area contributed by atoms with E-state index in [4.69, 9.17) is 4.74 Å². The van der Waals surface area contributed by atoms with Gasteiger partial charge in [0.05, 0.1) is 13.2 Å². The Hall–Kier alpha value is -0.730. The number of anilines is 1. The molecule has 1 atom stereocenters. The summed E-state index contributed by atoms with van der Waals surface area (Å²) in [6, 6.07) is 4.31. The number of hydrogen-bond acceptors (Lipinski definition) is 6. The lowest BCUT2D eigenvalue weighted by atomic mass is 10.2. The fraction of sp³-hybridized carbons (Fsp3) is 0.625. The molecule has 1 unspecified atom stereocenters. The van der Waals surface area contributed by atoms with Crippen LogP contribution in [0.25, 0.3) is 0 Å². The maximum atomic E-state index is 12.1. The number of amides is 1. The summed E-state index contributed by atoms with van der Waals surface area (Å²) in [4.78, 5) is 18.7. The van der Waals surface area contributed by atoms with Crippen LogP contribution >= 0.6 is 36.6 Å². The van der Waals surface area contributed by atoms with E-state index in [1.807, 2.05) is 24.0 Å². The van der Waals surface area contributed by atoms with Crippen molar-refractivity contribution < 1.29 is 9.53 Å². The van der Waals surface area contributed by atoms with Gasteiger partial charge in [-0.15, -0.1) is 24.8 Å². The molecule has 2 saturated heterocycles. The van der Waals surface area contributed by atoms with Crippen LogP contribution in [-0.4, -0.2) is 61.3 Å². The van der Waals surface area contributed by atoms with E-state index in [0.29, 0.717) is 19.0 Å². The minimum atomic E-state index is 0. The molecule has 142 valence electrons. The number of hydrogen-bond donors (Lipinski definition) is 2. The standard InChI is InChI=1S/C16H24N4O2S.2ClH/c21-16(10-14-12-23-8-3-17-14)19-11-13-1-2-18-15(9-13)20-4-6-22-7-5-20;;/h1-2,9,14,17H,3-8,10-12H2,(H,19,21);2*1H. The molecule has 0 bridgehead atoms. The predicted molar refractivity (Wildman–Crippen MR) is 107 cm³/mol. The lowest BCUT2D eigenvalue weighted by Gasteiger charge is -2.28. The average Bonchev–Trinajstić information content (AvgIpc) is 2.62. The van der Waals surface area contributed by atoms with E-state index in [-0.39, 0.29) is 30.7 Å². The highest BCUT2D eigenvalue weighted by Crippen LogP contribution is 2.14. The maximum Gasteiger partial charge on any atom is 0.221 e. The normalized spacial score (nSPS) is 20.2. The average molecular weight is 409 g/mol. The van der Waals surface area contributed by atoms with Gasteiger partial charge in [0.25, 0.3) is 0 Å². The number of nitrogens with zero attached hydrogens (tertiary/aromatic N) is 2. The van der Waals surface area contributed by atoms with Gasteiger partial charge in [-0.05, 0) is 17.7 Å². The molecule has 2 fully saturated rings. The van der Waals surface area contributed by atoms with Crippen LogP contribution in [0.3, 0.4) is 0 Å². The number of aromatic nitrogens is 1. The van der Waals surface area contributed by atoms with Crippen molar-refractivity contribution in [2.24, 2.45) is 0 Å². The van der Waals surface area contributed by atoms with Gasteiger partial charge in [0.1, 0.15) is 5.82 Å². The topological polar surface area (TPSA) is 66.5 Å². The number of ether oxygens (including phenoxy) is 1. The van der Waals surface area contributed by atoms with Crippen molar-refractivity contribution >= 4 is 48.3 Å². The van der Waals surface area contributed by atoms with Gasteiger partial charge in [-0.3, -0.25) is 4.79 Å². The lowest BCUT2D eigenvalue weighted by molar-refractivity contribution is -0.121. The van der Waals surface area contributed by atoms with Crippen LogP contribution in [0.4, 0.5) is 5.82 Å². The van der Waals surface area contributed by atoms with E-state index < -0.39 is 0 Å². The molecule has 3 rings (SSSR count). The maximum absolute atomic E-state index is 12.1. The van der Waals surface area contributed by atoms with Gasteiger partial charge in [0, 0.05) is 56.3 Å². The number of nitrogens with one attached hydrogen (secondary N) is 2. The minimum Gasteiger partial charge on any atom is -0.378 e. The smallest absolute Gasteiger partial charge is 0.221 e. The van der Waals surface area contributed by atoms with E-state index >= 15 is 0 Å². The first-order valence-electron chi connectivity index (χ1n) is 8.17. The summed E-state index contributed by atoms with van der Waals surface area (Å²) in [6.07, 6.45) is 2.36. The SMILES string of the molecule is Cl.Cl.O=C(CC1CSCCN1)NCc1ccnc(N2CCOCC2)c1. The summed E-state index contributed by atoms with van der Waals surface area (Å²) in [6.45, 7) is 4.78. The second-order valence-electron chi connectivity index (χ2n) is 5.83. The van der Waals surface area contributed by atoms with Crippen molar-refractivity contribution in [2.75, 3.05) is 49.3 Å². The highest BCUT2D eigenvalue weighted by molar-refractivity contribution is 7.99. The zero-order valence-corrected chi connectivity index (χ0v) is 16.6. The second-order valence-corrected chi connectivity index (χ2v) is 6.98. The molecule has 9 heteroatoms. The third-order valence-corrected chi connectivity index (χ3v) is 5.20. The van der Waals surface area contributed by atoms with Gasteiger partial charge in [-0.25, -0.2) is 4.98 Å². The molecule has 25 heavy (non-hydrogen) atoms. The number of halogens is 2. The molecule has 2 aliphatic rings. The molecule has 1 aromatic rings. The van der Waals surface area contributed by atoms with Gasteiger partial charge in [0.15, 0.2) is 0 Å². The van der Waals surface area contributed by atoms with Crippen molar-refractivity contribution in [3.05, 3.63) is 23.9 Å². The molecule has 0 spiro atoms. The Morgan fingerprint density at radius 2 is 2.20 bits per heavy atom. The number of carbonyl (C=O) groups excluding carboxylic acids is 1. The number of morpholine rings is 1. The first kappa shape index (κ1) is 22.3. The van der Waals surface area contributed by atoms with Crippen molar-refractivity contribution in [3.8, 4) is 0 Å². The number of rotatable bonds is 5. The highest BCUT2D eigenvalue weighted by atomic mass is 35.5. The highest BCUT2D eigenvalue weighted by Gasteiger charge is 2.17. The monoisotopic (exact) mass is 408 g/mol. The van der Waals surface area contributed by atoms with E-state index in [1.165, 1.54) is 0 Å². The number of carbonyl (C=O) groups is 1. The molecule has 1 amide bonds. The third kappa shape index (κ3) is 7.19. The lowest BCUT2D eigenvalue weighted by Crippen LogP contribution is -2.41. The third-order valence-electron chi connectivity index (χ3n) is 4.06. The van der Waals surface area contributed by atoms with Crippen LogP contribution in [0.5, 0.6) is 0 Å². The summed E-state index contributed by atoms with van der Waals surface area (Å²) in [5.74, 6) is 3.23. The second kappa shape index (κ2) is 11.8. The molecule has 2 aliphatic heterocycles.